The van der Waals surface area contributed by atoms with Crippen LogP contribution in [0.4, 0.5) is 0 Å². The van der Waals surface area contributed by atoms with Crippen molar-refractivity contribution >= 4 is 28.6 Å². The van der Waals surface area contributed by atoms with Crippen LogP contribution in [-0.4, -0.2) is 63.7 Å². The zero-order chi connectivity index (χ0) is 18.5. The summed E-state index contributed by atoms with van der Waals surface area (Å²) >= 11 is 1.33. The second-order valence-corrected chi connectivity index (χ2v) is 7.05. The van der Waals surface area contributed by atoms with E-state index < -0.39 is 0 Å². The summed E-state index contributed by atoms with van der Waals surface area (Å²) in [5, 5.41) is 1.20. The number of carbonyl (C=O) groups is 1. The van der Waals surface area contributed by atoms with Crippen LogP contribution in [0, 0.1) is 12.3 Å². The maximum absolute atomic E-state index is 12.6. The van der Waals surface area contributed by atoms with Crippen molar-refractivity contribution in [3.8, 4) is 12.3 Å². The van der Waals surface area contributed by atoms with E-state index in [9.17, 15) is 9.59 Å². The maximum atomic E-state index is 12.6. The molecule has 7 heteroatoms. The van der Waals surface area contributed by atoms with Crippen LogP contribution in [0.3, 0.4) is 0 Å². The van der Waals surface area contributed by atoms with Crippen molar-refractivity contribution in [3.05, 3.63) is 34.6 Å². The van der Waals surface area contributed by atoms with Crippen molar-refractivity contribution in [1.29, 1.82) is 0 Å². The molecule has 2 aromatic rings. The van der Waals surface area contributed by atoms with Gasteiger partial charge in [-0.3, -0.25) is 19.1 Å². The third-order valence-corrected chi connectivity index (χ3v) is 5.47. The molecule has 1 fully saturated rings. The number of piperazine rings is 1. The van der Waals surface area contributed by atoms with E-state index in [-0.39, 0.29) is 17.2 Å². The molecule has 0 saturated carbocycles. The number of hydrogen-bond acceptors (Lipinski definition) is 5. The number of rotatable bonds is 5. The summed E-state index contributed by atoms with van der Waals surface area (Å²) in [6.07, 6.45) is 5.33. The second-order valence-electron chi connectivity index (χ2n) is 6.11. The smallest absolute Gasteiger partial charge is 0.262 e. The first-order valence-electron chi connectivity index (χ1n) is 8.70. The Morgan fingerprint density at radius 3 is 2.69 bits per heavy atom. The van der Waals surface area contributed by atoms with Gasteiger partial charge in [-0.2, -0.15) is 0 Å². The highest BCUT2D eigenvalue weighted by Gasteiger charge is 2.21. The molecule has 2 heterocycles. The fourth-order valence-corrected chi connectivity index (χ4v) is 4.00. The number of fused-ring (bicyclic) bond motifs is 1. The molecule has 0 atom stereocenters. The van der Waals surface area contributed by atoms with E-state index in [1.54, 1.807) is 10.6 Å². The van der Waals surface area contributed by atoms with Gasteiger partial charge >= 0.3 is 0 Å². The van der Waals surface area contributed by atoms with Gasteiger partial charge in [0.1, 0.15) is 0 Å². The Kier molecular flexibility index (Phi) is 5.96. The number of carbonyl (C=O) groups excluding carboxylic acids is 1. The van der Waals surface area contributed by atoms with Gasteiger partial charge in [-0.15, -0.1) is 6.42 Å². The molecule has 26 heavy (non-hydrogen) atoms. The molecule has 3 rings (SSSR count). The predicted octanol–water partition coefficient (Wildman–Crippen LogP) is 1.29. The zero-order valence-electron chi connectivity index (χ0n) is 14.9. The van der Waals surface area contributed by atoms with Gasteiger partial charge in [0.05, 0.1) is 23.2 Å². The van der Waals surface area contributed by atoms with E-state index >= 15 is 0 Å². The van der Waals surface area contributed by atoms with Crippen molar-refractivity contribution in [2.24, 2.45) is 0 Å². The summed E-state index contributed by atoms with van der Waals surface area (Å²) < 4.78 is 1.63. The highest BCUT2D eigenvalue weighted by Crippen LogP contribution is 2.18. The number of terminal acetylenes is 1. The van der Waals surface area contributed by atoms with Crippen molar-refractivity contribution in [3.63, 3.8) is 0 Å². The Hall–Kier alpha value is -2.30. The Balaban J connectivity index is 1.69. The predicted molar refractivity (Wildman–Crippen MR) is 104 cm³/mol. The third kappa shape index (κ3) is 3.92. The first kappa shape index (κ1) is 18.5. The van der Waals surface area contributed by atoms with Gasteiger partial charge in [-0.05, 0) is 19.1 Å². The number of amides is 1. The van der Waals surface area contributed by atoms with Crippen LogP contribution in [0.2, 0.25) is 0 Å². The molecule has 0 spiro atoms. The molecule has 0 aliphatic carbocycles. The highest BCUT2D eigenvalue weighted by molar-refractivity contribution is 7.99. The van der Waals surface area contributed by atoms with Gasteiger partial charge in [0.25, 0.3) is 5.56 Å². The van der Waals surface area contributed by atoms with E-state index in [1.807, 2.05) is 30.0 Å². The topological polar surface area (TPSA) is 58.4 Å². The number of benzene rings is 1. The summed E-state index contributed by atoms with van der Waals surface area (Å²) in [5.74, 6) is 2.99. The SMILES string of the molecule is C#CCN1CCN(C(=O)CSc2nc3ccccc3c(=O)n2CC)CC1. The first-order valence-corrected chi connectivity index (χ1v) is 9.68. The van der Waals surface area contributed by atoms with Gasteiger partial charge in [-0.25, -0.2) is 4.98 Å². The number of hydrogen-bond donors (Lipinski definition) is 0. The van der Waals surface area contributed by atoms with E-state index in [2.05, 4.69) is 15.8 Å². The largest absolute Gasteiger partial charge is 0.339 e. The van der Waals surface area contributed by atoms with Crippen LogP contribution in [0.25, 0.3) is 10.9 Å². The molecule has 0 unspecified atom stereocenters. The van der Waals surface area contributed by atoms with Crippen molar-refractivity contribution in [1.82, 2.24) is 19.4 Å². The van der Waals surface area contributed by atoms with Crippen molar-refractivity contribution in [2.75, 3.05) is 38.5 Å². The molecule has 0 N–H and O–H groups in total. The average Bonchev–Trinajstić information content (AvgIpc) is 2.67. The van der Waals surface area contributed by atoms with Crippen LogP contribution in [-0.2, 0) is 11.3 Å². The summed E-state index contributed by atoms with van der Waals surface area (Å²) in [4.78, 5) is 33.7. The quantitative estimate of drug-likeness (QED) is 0.451. The van der Waals surface area contributed by atoms with Crippen LogP contribution in [0.1, 0.15) is 6.92 Å². The van der Waals surface area contributed by atoms with Gasteiger partial charge in [0.15, 0.2) is 5.16 Å². The monoisotopic (exact) mass is 370 g/mol. The molecule has 1 aromatic carbocycles. The maximum Gasteiger partial charge on any atom is 0.262 e. The summed E-state index contributed by atoms with van der Waals surface area (Å²) in [5.41, 5.74) is 0.607. The van der Waals surface area contributed by atoms with Gasteiger partial charge in [0, 0.05) is 32.7 Å². The average molecular weight is 370 g/mol. The minimum Gasteiger partial charge on any atom is -0.339 e. The lowest BCUT2D eigenvalue weighted by atomic mass is 10.2. The molecule has 1 aliphatic heterocycles. The summed E-state index contributed by atoms with van der Waals surface area (Å²) in [7, 11) is 0. The zero-order valence-corrected chi connectivity index (χ0v) is 15.7. The van der Waals surface area contributed by atoms with Gasteiger partial charge in [-0.1, -0.05) is 29.8 Å². The molecular formula is C19H22N4O2S. The lowest BCUT2D eigenvalue weighted by Crippen LogP contribution is -2.49. The van der Waals surface area contributed by atoms with E-state index in [0.29, 0.717) is 42.2 Å². The molecule has 1 aromatic heterocycles. The minimum atomic E-state index is -0.0593. The first-order chi connectivity index (χ1) is 12.6. The number of para-hydroxylation sites is 1. The lowest BCUT2D eigenvalue weighted by molar-refractivity contribution is -0.129. The Morgan fingerprint density at radius 1 is 1.27 bits per heavy atom. The van der Waals surface area contributed by atoms with E-state index in [1.165, 1.54) is 11.8 Å². The molecule has 1 saturated heterocycles. The van der Waals surface area contributed by atoms with Crippen LogP contribution in [0.15, 0.2) is 34.2 Å². The van der Waals surface area contributed by atoms with Crippen molar-refractivity contribution in [2.45, 2.75) is 18.6 Å². The summed E-state index contributed by atoms with van der Waals surface area (Å²) in [6.45, 7) is 6.04. The Morgan fingerprint density at radius 2 is 2.00 bits per heavy atom. The van der Waals surface area contributed by atoms with Crippen LogP contribution >= 0.6 is 11.8 Å². The minimum absolute atomic E-state index is 0.0593. The van der Waals surface area contributed by atoms with E-state index in [4.69, 9.17) is 6.42 Å². The third-order valence-electron chi connectivity index (χ3n) is 4.51. The number of thioether (sulfide) groups is 1. The van der Waals surface area contributed by atoms with Crippen LogP contribution < -0.4 is 5.56 Å². The highest BCUT2D eigenvalue weighted by atomic mass is 32.2. The molecule has 6 nitrogen and oxygen atoms in total. The molecule has 0 bridgehead atoms. The molecule has 1 amide bonds. The standard InChI is InChI=1S/C19H22N4O2S/c1-3-9-21-10-12-22(13-11-21)17(24)14-26-19-20-16-8-6-5-7-15(16)18(25)23(19)4-2/h1,5-8H,4,9-14H2,2H3. The Bertz CT molecular complexity index is 895. The molecular weight excluding hydrogens is 348 g/mol. The molecule has 1 aliphatic rings. The molecule has 136 valence electrons. The summed E-state index contributed by atoms with van der Waals surface area (Å²) in [6, 6.07) is 7.31. The lowest BCUT2D eigenvalue weighted by Gasteiger charge is -2.33. The number of aromatic nitrogens is 2. The van der Waals surface area contributed by atoms with Gasteiger partial charge in [0.2, 0.25) is 5.91 Å². The van der Waals surface area contributed by atoms with Crippen molar-refractivity contribution < 1.29 is 4.79 Å². The van der Waals surface area contributed by atoms with E-state index in [0.717, 1.165) is 13.1 Å². The van der Waals surface area contributed by atoms with Gasteiger partial charge < -0.3 is 4.90 Å². The fourth-order valence-electron chi connectivity index (χ4n) is 3.04. The normalized spacial score (nSPS) is 15.2. The number of nitrogens with zero attached hydrogens (tertiary/aromatic N) is 4. The fraction of sp³-hybridized carbons (Fsp3) is 0.421. The van der Waals surface area contributed by atoms with Crippen LogP contribution in [0.5, 0.6) is 0 Å². The molecule has 0 radical (unpaired) electrons. The second kappa shape index (κ2) is 8.39. The Labute approximate surface area is 157 Å².